The van der Waals surface area contributed by atoms with Crippen molar-refractivity contribution in [3.8, 4) is 0 Å². The fourth-order valence-electron chi connectivity index (χ4n) is 0.673. The number of carboxylic acid groups (broad SMARTS) is 1. The van der Waals surface area contributed by atoms with Crippen LogP contribution in [0.5, 0.6) is 0 Å². The number of hydrogen-bond donors (Lipinski definition) is 1. The Morgan fingerprint density at radius 1 is 1.64 bits per heavy atom. The van der Waals surface area contributed by atoms with Crippen molar-refractivity contribution in [2.75, 3.05) is 26.2 Å². The van der Waals surface area contributed by atoms with E-state index < -0.39 is 5.97 Å². The van der Waals surface area contributed by atoms with Crippen LogP contribution in [0, 0.1) is 0 Å². The molecule has 0 saturated carbocycles. The van der Waals surface area contributed by atoms with Crippen LogP contribution in [-0.2, 0) is 4.79 Å². The SMILES string of the molecule is CCN(CCO)CC(=O)[O-].[Na+]. The first-order valence-electron chi connectivity index (χ1n) is 3.23. The average molecular weight is 169 g/mol. The van der Waals surface area contributed by atoms with Gasteiger partial charge in [0.1, 0.15) is 0 Å². The summed E-state index contributed by atoms with van der Waals surface area (Å²) >= 11 is 0. The van der Waals surface area contributed by atoms with Crippen LogP contribution >= 0.6 is 0 Å². The van der Waals surface area contributed by atoms with Gasteiger partial charge < -0.3 is 15.0 Å². The predicted octanol–water partition coefficient (Wildman–Crippen LogP) is -4.95. The summed E-state index contributed by atoms with van der Waals surface area (Å²) in [6.45, 7) is 2.73. The summed E-state index contributed by atoms with van der Waals surface area (Å²) in [6.07, 6.45) is 0. The standard InChI is InChI=1S/C6H13NO3.Na/c1-2-7(3-4-8)5-6(9)10;/h8H,2-5H2,1H3,(H,9,10);/q;+1/p-1. The van der Waals surface area contributed by atoms with Crippen LogP contribution in [0.3, 0.4) is 0 Å². The van der Waals surface area contributed by atoms with Gasteiger partial charge in [-0.3, -0.25) is 4.90 Å². The molecule has 0 aliphatic heterocycles. The summed E-state index contributed by atoms with van der Waals surface area (Å²) in [4.78, 5) is 11.6. The van der Waals surface area contributed by atoms with E-state index in [0.717, 1.165) is 0 Å². The van der Waals surface area contributed by atoms with Crippen LogP contribution in [0.1, 0.15) is 6.92 Å². The number of nitrogens with zero attached hydrogens (tertiary/aromatic N) is 1. The number of rotatable bonds is 5. The number of aliphatic hydroxyl groups is 1. The first kappa shape index (κ1) is 13.9. The van der Waals surface area contributed by atoms with Crippen LogP contribution in [0.15, 0.2) is 0 Å². The third kappa shape index (κ3) is 8.29. The van der Waals surface area contributed by atoms with E-state index in [1.165, 1.54) is 0 Å². The monoisotopic (exact) mass is 169 g/mol. The zero-order chi connectivity index (χ0) is 7.98. The van der Waals surface area contributed by atoms with E-state index in [9.17, 15) is 9.90 Å². The summed E-state index contributed by atoms with van der Waals surface area (Å²) in [5.41, 5.74) is 0. The molecule has 4 nitrogen and oxygen atoms in total. The summed E-state index contributed by atoms with van der Waals surface area (Å²) in [5.74, 6) is -1.10. The molecule has 0 aromatic heterocycles. The van der Waals surface area contributed by atoms with Gasteiger partial charge in [0.2, 0.25) is 0 Å². The van der Waals surface area contributed by atoms with Gasteiger partial charge in [-0.1, -0.05) is 6.92 Å². The molecule has 0 aromatic rings. The van der Waals surface area contributed by atoms with Crippen molar-refractivity contribution >= 4 is 5.97 Å². The zero-order valence-corrected chi connectivity index (χ0v) is 9.04. The van der Waals surface area contributed by atoms with Crippen molar-refractivity contribution in [3.63, 3.8) is 0 Å². The summed E-state index contributed by atoms with van der Waals surface area (Å²) in [6, 6.07) is 0. The molecule has 1 N–H and O–H groups in total. The fraction of sp³-hybridized carbons (Fsp3) is 0.833. The molecule has 0 amide bonds. The van der Waals surface area contributed by atoms with Crippen molar-refractivity contribution in [1.29, 1.82) is 0 Å². The number of aliphatic carboxylic acids is 1. The second kappa shape index (κ2) is 8.49. The van der Waals surface area contributed by atoms with Gasteiger partial charge in [-0.05, 0) is 6.54 Å². The van der Waals surface area contributed by atoms with E-state index in [1.807, 2.05) is 6.92 Å². The Hall–Kier alpha value is 0.390. The van der Waals surface area contributed by atoms with Crippen molar-refractivity contribution in [2.45, 2.75) is 6.92 Å². The van der Waals surface area contributed by atoms with Crippen LogP contribution < -0.4 is 34.7 Å². The molecule has 5 heteroatoms. The number of likely N-dealkylation sites (N-methyl/N-ethyl adjacent to an activating group) is 1. The van der Waals surface area contributed by atoms with Gasteiger partial charge in [-0.15, -0.1) is 0 Å². The second-order valence-electron chi connectivity index (χ2n) is 1.96. The van der Waals surface area contributed by atoms with Crippen LogP contribution in [0.4, 0.5) is 0 Å². The molecular weight excluding hydrogens is 157 g/mol. The fourth-order valence-corrected chi connectivity index (χ4v) is 0.673. The van der Waals surface area contributed by atoms with E-state index >= 15 is 0 Å². The Bertz CT molecular complexity index is 110. The van der Waals surface area contributed by atoms with Crippen molar-refractivity contribution in [3.05, 3.63) is 0 Å². The molecule has 0 aliphatic carbocycles. The Morgan fingerprint density at radius 3 is 2.45 bits per heavy atom. The van der Waals surface area contributed by atoms with Gasteiger partial charge in [0, 0.05) is 13.1 Å². The van der Waals surface area contributed by atoms with Crippen LogP contribution in [0.25, 0.3) is 0 Å². The van der Waals surface area contributed by atoms with E-state index in [2.05, 4.69) is 0 Å². The number of hydrogen-bond acceptors (Lipinski definition) is 4. The zero-order valence-electron chi connectivity index (χ0n) is 7.04. The molecule has 0 radical (unpaired) electrons. The Balaban J connectivity index is 0. The summed E-state index contributed by atoms with van der Waals surface area (Å²) in [7, 11) is 0. The molecule has 0 bridgehead atoms. The smallest absolute Gasteiger partial charge is 0.549 e. The molecule has 11 heavy (non-hydrogen) atoms. The van der Waals surface area contributed by atoms with Crippen LogP contribution in [-0.4, -0.2) is 42.2 Å². The van der Waals surface area contributed by atoms with E-state index in [0.29, 0.717) is 13.1 Å². The topological polar surface area (TPSA) is 63.6 Å². The minimum atomic E-state index is -1.10. The minimum absolute atomic E-state index is 0. The molecule has 0 aliphatic rings. The molecule has 60 valence electrons. The van der Waals surface area contributed by atoms with Crippen molar-refractivity contribution < 1.29 is 44.6 Å². The van der Waals surface area contributed by atoms with Crippen molar-refractivity contribution in [1.82, 2.24) is 4.90 Å². The van der Waals surface area contributed by atoms with Crippen LogP contribution in [0.2, 0.25) is 0 Å². The number of carbonyl (C=O) groups is 1. The van der Waals surface area contributed by atoms with Gasteiger partial charge >= 0.3 is 29.6 Å². The third-order valence-electron chi connectivity index (χ3n) is 1.22. The van der Waals surface area contributed by atoms with Gasteiger partial charge in [-0.2, -0.15) is 0 Å². The third-order valence-corrected chi connectivity index (χ3v) is 1.22. The Morgan fingerprint density at radius 2 is 2.18 bits per heavy atom. The molecule has 0 spiro atoms. The number of carbonyl (C=O) groups excluding carboxylic acids is 1. The predicted molar refractivity (Wildman–Crippen MR) is 34.2 cm³/mol. The van der Waals surface area contributed by atoms with Gasteiger partial charge in [0.25, 0.3) is 0 Å². The van der Waals surface area contributed by atoms with E-state index in [1.54, 1.807) is 4.90 Å². The van der Waals surface area contributed by atoms with Gasteiger partial charge in [-0.25, -0.2) is 0 Å². The Labute approximate surface area is 88.5 Å². The van der Waals surface area contributed by atoms with E-state index in [-0.39, 0.29) is 42.7 Å². The average Bonchev–Trinajstić information content (AvgIpc) is 1.86. The molecule has 0 saturated heterocycles. The Kier molecular flexibility index (Phi) is 10.8. The maximum atomic E-state index is 10.0. The summed E-state index contributed by atoms with van der Waals surface area (Å²) in [5, 5.41) is 18.4. The first-order valence-corrected chi connectivity index (χ1v) is 3.23. The molecule has 0 heterocycles. The minimum Gasteiger partial charge on any atom is -0.549 e. The normalized spacial score (nSPS) is 9.36. The summed E-state index contributed by atoms with van der Waals surface area (Å²) < 4.78 is 0. The molecule has 0 aromatic carbocycles. The maximum absolute atomic E-state index is 10.0. The molecule has 0 unspecified atom stereocenters. The number of carboxylic acids is 1. The largest absolute Gasteiger partial charge is 1.00 e. The molecular formula is C6H12NNaO3. The quantitative estimate of drug-likeness (QED) is 0.419. The maximum Gasteiger partial charge on any atom is 1.00 e. The molecule has 0 rings (SSSR count). The molecule has 0 atom stereocenters. The van der Waals surface area contributed by atoms with E-state index in [4.69, 9.17) is 5.11 Å². The van der Waals surface area contributed by atoms with Crippen molar-refractivity contribution in [2.24, 2.45) is 0 Å². The number of aliphatic hydroxyl groups excluding tert-OH is 1. The van der Waals surface area contributed by atoms with Gasteiger partial charge in [0.15, 0.2) is 0 Å². The molecule has 0 fully saturated rings. The van der Waals surface area contributed by atoms with Gasteiger partial charge in [0.05, 0.1) is 12.6 Å². The second-order valence-corrected chi connectivity index (χ2v) is 1.96. The first-order chi connectivity index (χ1) is 4.70.